The van der Waals surface area contributed by atoms with Crippen LogP contribution in [0.1, 0.15) is 43.2 Å². The number of ether oxygens (including phenoxy) is 3. The van der Waals surface area contributed by atoms with Gasteiger partial charge < -0.3 is 14.2 Å². The Morgan fingerprint density at radius 1 is 1.32 bits per heavy atom. The molecule has 1 aliphatic rings. The van der Waals surface area contributed by atoms with Gasteiger partial charge in [-0.15, -0.1) is 0 Å². The van der Waals surface area contributed by atoms with E-state index in [9.17, 15) is 9.59 Å². The van der Waals surface area contributed by atoms with Gasteiger partial charge in [-0.3, -0.25) is 14.6 Å². The minimum atomic E-state index is -0.480. The van der Waals surface area contributed by atoms with Gasteiger partial charge in [0.15, 0.2) is 23.9 Å². The maximum absolute atomic E-state index is 12.6. The van der Waals surface area contributed by atoms with Crippen molar-refractivity contribution in [2.24, 2.45) is 4.99 Å². The van der Waals surface area contributed by atoms with Gasteiger partial charge in [-0.2, -0.15) is 0 Å². The Morgan fingerprint density at radius 3 is 2.71 bits per heavy atom. The van der Waals surface area contributed by atoms with Crippen LogP contribution >= 0.6 is 11.8 Å². The number of esters is 1. The molecule has 1 N–H and O–H groups in total. The Balaban J connectivity index is 2.00. The van der Waals surface area contributed by atoms with Gasteiger partial charge in [0.2, 0.25) is 0 Å². The zero-order valence-corrected chi connectivity index (χ0v) is 17.3. The van der Waals surface area contributed by atoms with Gasteiger partial charge in [-0.1, -0.05) is 17.8 Å². The summed E-state index contributed by atoms with van der Waals surface area (Å²) in [5.41, 5.74) is 1.35. The first-order valence-corrected chi connectivity index (χ1v) is 9.67. The van der Waals surface area contributed by atoms with Crippen LogP contribution in [-0.4, -0.2) is 41.6 Å². The molecule has 1 aliphatic heterocycles. The number of carbonyl (C=O) groups excluding carboxylic acids is 1. The lowest BCUT2D eigenvalue weighted by atomic mass is 10.1. The smallest absolute Gasteiger partial charge is 0.343 e. The highest BCUT2D eigenvalue weighted by molar-refractivity contribution is 8.14. The number of aliphatic imine (C=N–C) groups is 1. The first-order valence-electron chi connectivity index (χ1n) is 8.79. The second-order valence-corrected chi connectivity index (χ2v) is 7.84. The van der Waals surface area contributed by atoms with E-state index in [-0.39, 0.29) is 23.5 Å². The number of thioether (sulfide) groups is 1. The normalized spacial score (nSPS) is 15.8. The average Bonchev–Trinajstić information content (AvgIpc) is 3.01. The summed E-state index contributed by atoms with van der Waals surface area (Å²) in [5, 5.41) is 3.54. The van der Waals surface area contributed by atoms with Gasteiger partial charge in [0.1, 0.15) is 0 Å². The van der Waals surface area contributed by atoms with Crippen LogP contribution in [-0.2, 0) is 9.53 Å². The Bertz CT molecular complexity index is 976. The largest absolute Gasteiger partial charge is 0.493 e. The second-order valence-electron chi connectivity index (χ2n) is 6.55. The maximum atomic E-state index is 12.6. The number of methoxy groups -OCH3 is 2. The predicted molar refractivity (Wildman–Crippen MR) is 108 cm³/mol. The monoisotopic (exact) mass is 405 g/mol. The maximum Gasteiger partial charge on any atom is 0.343 e. The molecule has 150 valence electrons. The molecule has 28 heavy (non-hydrogen) atoms. The fourth-order valence-electron chi connectivity index (χ4n) is 2.98. The minimum absolute atomic E-state index is 0.0837. The first-order chi connectivity index (χ1) is 13.3. The van der Waals surface area contributed by atoms with Gasteiger partial charge in [0, 0.05) is 6.04 Å². The SMILES string of the molecule is COC(=O)COc1ccc(C2SC(C)=Nc3c2c(=O)[nH]n3C(C)C)cc1OC. The van der Waals surface area contributed by atoms with Crippen LogP contribution in [0.3, 0.4) is 0 Å². The number of benzene rings is 1. The van der Waals surface area contributed by atoms with E-state index in [4.69, 9.17) is 9.47 Å². The molecule has 1 atom stereocenters. The molecular formula is C19H23N3O5S. The number of hydrogen-bond donors (Lipinski definition) is 1. The molecule has 1 unspecified atom stereocenters. The number of aromatic nitrogens is 2. The van der Waals surface area contributed by atoms with E-state index >= 15 is 0 Å². The molecule has 0 saturated carbocycles. The summed E-state index contributed by atoms with van der Waals surface area (Å²) in [6, 6.07) is 5.49. The standard InChI is InChI=1S/C19H23N3O5S/c1-10(2)22-18-16(19(24)21-22)17(28-11(3)20-18)12-6-7-13(14(8-12)25-4)27-9-15(23)26-5/h6-8,10,17H,9H2,1-5H3,(H,21,24). The van der Waals surface area contributed by atoms with Crippen LogP contribution in [0.2, 0.25) is 0 Å². The van der Waals surface area contributed by atoms with Crippen molar-refractivity contribution in [3.63, 3.8) is 0 Å². The highest BCUT2D eigenvalue weighted by atomic mass is 32.2. The van der Waals surface area contributed by atoms with E-state index in [0.29, 0.717) is 22.9 Å². The molecule has 1 aromatic carbocycles. The van der Waals surface area contributed by atoms with Crippen molar-refractivity contribution in [1.29, 1.82) is 0 Å². The lowest BCUT2D eigenvalue weighted by Gasteiger charge is -2.22. The van der Waals surface area contributed by atoms with E-state index in [0.717, 1.165) is 10.6 Å². The Morgan fingerprint density at radius 2 is 2.07 bits per heavy atom. The molecule has 0 radical (unpaired) electrons. The zero-order chi connectivity index (χ0) is 20.4. The van der Waals surface area contributed by atoms with Gasteiger partial charge in [0.25, 0.3) is 5.56 Å². The molecule has 0 spiro atoms. The molecule has 0 bridgehead atoms. The van der Waals surface area contributed by atoms with Crippen molar-refractivity contribution in [3.8, 4) is 11.5 Å². The van der Waals surface area contributed by atoms with Crippen LogP contribution in [0.15, 0.2) is 28.0 Å². The number of H-pyrrole nitrogens is 1. The average molecular weight is 405 g/mol. The van der Waals surface area contributed by atoms with Crippen LogP contribution in [0, 0.1) is 0 Å². The molecule has 0 amide bonds. The third-order valence-corrected chi connectivity index (χ3v) is 5.51. The molecular weight excluding hydrogens is 382 g/mol. The summed E-state index contributed by atoms with van der Waals surface area (Å²) in [7, 11) is 2.83. The fourth-order valence-corrected chi connectivity index (χ4v) is 4.07. The van der Waals surface area contributed by atoms with Crippen LogP contribution in [0.25, 0.3) is 0 Å². The van der Waals surface area contributed by atoms with Gasteiger partial charge in [-0.25, -0.2) is 9.79 Å². The van der Waals surface area contributed by atoms with Crippen molar-refractivity contribution in [1.82, 2.24) is 9.78 Å². The van der Waals surface area contributed by atoms with Crippen molar-refractivity contribution >= 4 is 28.6 Å². The molecule has 9 heteroatoms. The van der Waals surface area contributed by atoms with Gasteiger partial charge in [0.05, 0.1) is 30.1 Å². The number of fused-ring (bicyclic) bond motifs is 1. The summed E-state index contributed by atoms with van der Waals surface area (Å²) < 4.78 is 17.3. The number of hydrogen-bond acceptors (Lipinski definition) is 7. The summed E-state index contributed by atoms with van der Waals surface area (Å²) in [6.45, 7) is 5.70. The lowest BCUT2D eigenvalue weighted by molar-refractivity contribution is -0.142. The lowest BCUT2D eigenvalue weighted by Crippen LogP contribution is -2.14. The van der Waals surface area contributed by atoms with E-state index in [1.807, 2.05) is 32.9 Å². The molecule has 3 rings (SSSR count). The second kappa shape index (κ2) is 8.14. The number of nitrogens with zero attached hydrogens (tertiary/aromatic N) is 2. The molecule has 2 aromatic rings. The Labute approximate surface area is 166 Å². The Hall–Kier alpha value is -2.68. The van der Waals surface area contributed by atoms with Crippen molar-refractivity contribution in [2.45, 2.75) is 32.1 Å². The van der Waals surface area contributed by atoms with Gasteiger partial charge >= 0.3 is 5.97 Å². The zero-order valence-electron chi connectivity index (χ0n) is 16.4. The number of aromatic amines is 1. The molecule has 8 nitrogen and oxygen atoms in total. The van der Waals surface area contributed by atoms with E-state index in [1.165, 1.54) is 26.0 Å². The van der Waals surface area contributed by atoms with Crippen molar-refractivity contribution in [3.05, 3.63) is 39.7 Å². The first kappa shape index (κ1) is 20.1. The van der Waals surface area contributed by atoms with Gasteiger partial charge in [-0.05, 0) is 38.5 Å². The van der Waals surface area contributed by atoms with E-state index in [1.54, 1.807) is 10.7 Å². The third kappa shape index (κ3) is 3.80. The summed E-state index contributed by atoms with van der Waals surface area (Å²) in [6.07, 6.45) is 0. The van der Waals surface area contributed by atoms with Crippen LogP contribution < -0.4 is 15.0 Å². The summed E-state index contributed by atoms with van der Waals surface area (Å²) in [4.78, 5) is 28.6. The number of rotatable bonds is 6. The highest BCUT2D eigenvalue weighted by Crippen LogP contribution is 2.45. The minimum Gasteiger partial charge on any atom is -0.493 e. The number of carbonyl (C=O) groups is 1. The van der Waals surface area contributed by atoms with Crippen LogP contribution in [0.5, 0.6) is 11.5 Å². The van der Waals surface area contributed by atoms with Crippen molar-refractivity contribution < 1.29 is 19.0 Å². The molecule has 1 aromatic heterocycles. The molecule has 0 fully saturated rings. The topological polar surface area (TPSA) is 94.9 Å². The Kier molecular flexibility index (Phi) is 5.83. The number of nitrogens with one attached hydrogen (secondary N) is 1. The van der Waals surface area contributed by atoms with Crippen molar-refractivity contribution in [2.75, 3.05) is 20.8 Å². The quantitative estimate of drug-likeness (QED) is 0.742. The van der Waals surface area contributed by atoms with Crippen LogP contribution in [0.4, 0.5) is 5.82 Å². The molecule has 0 aliphatic carbocycles. The fraction of sp³-hybridized carbons (Fsp3) is 0.421. The third-order valence-electron chi connectivity index (χ3n) is 4.33. The molecule has 2 heterocycles. The highest BCUT2D eigenvalue weighted by Gasteiger charge is 2.31. The van der Waals surface area contributed by atoms with E-state index < -0.39 is 5.97 Å². The molecule has 0 saturated heterocycles. The van der Waals surface area contributed by atoms with E-state index in [2.05, 4.69) is 14.8 Å². The predicted octanol–water partition coefficient (Wildman–Crippen LogP) is 3.20. The summed E-state index contributed by atoms with van der Waals surface area (Å²) in [5.74, 6) is 1.08. The summed E-state index contributed by atoms with van der Waals surface area (Å²) >= 11 is 1.51.